The predicted molar refractivity (Wildman–Crippen MR) is 69.6 cm³/mol. The van der Waals surface area contributed by atoms with E-state index >= 15 is 0 Å². The van der Waals surface area contributed by atoms with Crippen LogP contribution < -0.4 is 5.73 Å². The van der Waals surface area contributed by atoms with E-state index in [2.05, 4.69) is 13.8 Å². The van der Waals surface area contributed by atoms with Crippen LogP contribution in [-0.4, -0.2) is 11.9 Å². The third-order valence-electron chi connectivity index (χ3n) is 4.30. The monoisotopic (exact) mass is 222 g/mol. The van der Waals surface area contributed by atoms with Crippen LogP contribution in [0.5, 0.6) is 0 Å². The Hall–Kier alpha value is -0.530. The van der Waals surface area contributed by atoms with E-state index < -0.39 is 0 Å². The first-order chi connectivity index (χ1) is 7.57. The van der Waals surface area contributed by atoms with Crippen LogP contribution in [-0.2, 0) is 0 Å². The number of nitrogens with two attached hydrogens (primary N) is 1. The minimum Gasteiger partial charge on any atom is -0.387 e. The molecule has 2 fully saturated rings. The Balaban J connectivity index is 1.91. The lowest BCUT2D eigenvalue weighted by atomic mass is 9.88. The lowest BCUT2D eigenvalue weighted by Crippen LogP contribution is -2.27. The van der Waals surface area contributed by atoms with Crippen LogP contribution in [0, 0.1) is 11.3 Å². The third-order valence-corrected chi connectivity index (χ3v) is 4.30. The zero-order valence-electron chi connectivity index (χ0n) is 10.8. The van der Waals surface area contributed by atoms with Gasteiger partial charge in [0.1, 0.15) is 0 Å². The standard InChI is InChI=1S/C14H26N2/c1-14(2)9-8-12(10-14)16-13(15)11-6-4-3-5-7-11/h11-12H,3-10H2,1-2H3,(H2,15,16). The first-order valence-electron chi connectivity index (χ1n) is 6.90. The fraction of sp³-hybridized carbons (Fsp3) is 0.929. The summed E-state index contributed by atoms with van der Waals surface area (Å²) in [4.78, 5) is 4.79. The molecule has 2 saturated carbocycles. The van der Waals surface area contributed by atoms with Crippen LogP contribution in [0.1, 0.15) is 65.2 Å². The Labute approximate surface area is 99.7 Å². The maximum atomic E-state index is 6.17. The third kappa shape index (κ3) is 2.99. The lowest BCUT2D eigenvalue weighted by Gasteiger charge is -2.22. The van der Waals surface area contributed by atoms with Gasteiger partial charge < -0.3 is 5.73 Å². The van der Waals surface area contributed by atoms with Crippen molar-refractivity contribution in [2.75, 3.05) is 0 Å². The fourth-order valence-electron chi connectivity index (χ4n) is 3.22. The summed E-state index contributed by atoms with van der Waals surface area (Å²) in [5.74, 6) is 1.56. The smallest absolute Gasteiger partial charge is 0.0971 e. The second-order valence-electron chi connectivity index (χ2n) is 6.45. The second-order valence-corrected chi connectivity index (χ2v) is 6.45. The first-order valence-corrected chi connectivity index (χ1v) is 6.90. The van der Waals surface area contributed by atoms with Crippen molar-refractivity contribution in [2.24, 2.45) is 22.1 Å². The highest BCUT2D eigenvalue weighted by Gasteiger charge is 2.31. The maximum absolute atomic E-state index is 6.17. The van der Waals surface area contributed by atoms with Crippen LogP contribution in [0.2, 0.25) is 0 Å². The van der Waals surface area contributed by atoms with E-state index in [1.807, 2.05) is 0 Å². The number of hydrogen-bond donors (Lipinski definition) is 1. The molecule has 0 aromatic carbocycles. The summed E-state index contributed by atoms with van der Waals surface area (Å²) in [7, 11) is 0. The van der Waals surface area contributed by atoms with Gasteiger partial charge >= 0.3 is 0 Å². The van der Waals surface area contributed by atoms with Crippen LogP contribution in [0.25, 0.3) is 0 Å². The Kier molecular flexibility index (Phi) is 3.56. The summed E-state index contributed by atoms with van der Waals surface area (Å²) in [6.07, 6.45) is 10.4. The molecule has 2 nitrogen and oxygen atoms in total. The van der Waals surface area contributed by atoms with E-state index in [1.54, 1.807) is 0 Å². The Morgan fingerprint density at radius 3 is 2.38 bits per heavy atom. The molecule has 2 rings (SSSR count). The molecule has 0 radical (unpaired) electrons. The minimum atomic E-state index is 0.487. The van der Waals surface area contributed by atoms with E-state index in [9.17, 15) is 0 Å². The summed E-state index contributed by atoms with van der Waals surface area (Å²) >= 11 is 0. The zero-order valence-corrected chi connectivity index (χ0v) is 10.8. The SMILES string of the molecule is CC1(C)CCC(N=C(N)C2CCCCC2)C1. The largest absolute Gasteiger partial charge is 0.387 e. The van der Waals surface area contributed by atoms with Gasteiger partial charge in [-0.25, -0.2) is 0 Å². The highest BCUT2D eigenvalue weighted by molar-refractivity contribution is 5.83. The van der Waals surface area contributed by atoms with E-state index in [0.717, 1.165) is 5.84 Å². The van der Waals surface area contributed by atoms with Gasteiger partial charge in [-0.2, -0.15) is 0 Å². The molecule has 0 heterocycles. The van der Waals surface area contributed by atoms with Gasteiger partial charge in [0.15, 0.2) is 0 Å². The maximum Gasteiger partial charge on any atom is 0.0971 e. The van der Waals surface area contributed by atoms with Gasteiger partial charge in [0, 0.05) is 5.92 Å². The summed E-state index contributed by atoms with van der Waals surface area (Å²) < 4.78 is 0. The number of hydrogen-bond acceptors (Lipinski definition) is 1. The van der Waals surface area contributed by atoms with Gasteiger partial charge in [0.25, 0.3) is 0 Å². The van der Waals surface area contributed by atoms with Crippen LogP contribution in [0.3, 0.4) is 0 Å². The van der Waals surface area contributed by atoms with Crippen LogP contribution >= 0.6 is 0 Å². The van der Waals surface area contributed by atoms with Crippen molar-refractivity contribution in [2.45, 2.75) is 71.3 Å². The Morgan fingerprint density at radius 2 is 1.81 bits per heavy atom. The van der Waals surface area contributed by atoms with E-state index in [4.69, 9.17) is 10.7 Å². The number of nitrogens with zero attached hydrogens (tertiary/aromatic N) is 1. The van der Waals surface area contributed by atoms with E-state index in [0.29, 0.717) is 17.4 Å². The molecule has 0 aliphatic heterocycles. The molecule has 2 heteroatoms. The van der Waals surface area contributed by atoms with Gasteiger partial charge in [0.2, 0.25) is 0 Å². The van der Waals surface area contributed by atoms with E-state index in [-0.39, 0.29) is 0 Å². The Bertz CT molecular complexity index is 262. The van der Waals surface area contributed by atoms with Gasteiger partial charge in [-0.05, 0) is 37.5 Å². The molecular formula is C14H26N2. The van der Waals surface area contributed by atoms with Crippen molar-refractivity contribution in [1.82, 2.24) is 0 Å². The molecule has 2 aliphatic carbocycles. The number of amidine groups is 1. The average Bonchev–Trinajstić information content (AvgIpc) is 2.59. The van der Waals surface area contributed by atoms with Crippen molar-refractivity contribution >= 4 is 5.84 Å². The normalized spacial score (nSPS) is 31.9. The molecule has 0 amide bonds. The molecule has 0 aromatic rings. The first kappa shape index (κ1) is 11.9. The quantitative estimate of drug-likeness (QED) is 0.563. The second kappa shape index (κ2) is 4.77. The molecule has 2 N–H and O–H groups in total. The summed E-state index contributed by atoms with van der Waals surface area (Å²) in [6.45, 7) is 4.69. The molecule has 0 aromatic heterocycles. The highest BCUT2D eigenvalue weighted by Crippen LogP contribution is 2.38. The van der Waals surface area contributed by atoms with Crippen molar-refractivity contribution in [3.8, 4) is 0 Å². The Morgan fingerprint density at radius 1 is 1.12 bits per heavy atom. The average molecular weight is 222 g/mol. The van der Waals surface area contributed by atoms with Crippen LogP contribution in [0.15, 0.2) is 4.99 Å². The number of aliphatic imine (C=N–C) groups is 1. The van der Waals surface area contributed by atoms with Crippen molar-refractivity contribution in [3.63, 3.8) is 0 Å². The minimum absolute atomic E-state index is 0.487. The zero-order chi connectivity index (χ0) is 11.6. The van der Waals surface area contributed by atoms with Crippen LogP contribution in [0.4, 0.5) is 0 Å². The van der Waals surface area contributed by atoms with Crippen molar-refractivity contribution in [3.05, 3.63) is 0 Å². The molecule has 16 heavy (non-hydrogen) atoms. The molecule has 0 saturated heterocycles. The molecule has 0 spiro atoms. The summed E-state index contributed by atoms with van der Waals surface area (Å²) in [6, 6.07) is 0.511. The van der Waals surface area contributed by atoms with Gasteiger partial charge in [-0.3, -0.25) is 4.99 Å². The van der Waals surface area contributed by atoms with Crippen molar-refractivity contribution < 1.29 is 0 Å². The summed E-state index contributed by atoms with van der Waals surface area (Å²) in [5, 5.41) is 0. The molecule has 2 aliphatic rings. The van der Waals surface area contributed by atoms with Gasteiger partial charge in [-0.1, -0.05) is 33.1 Å². The molecule has 1 atom stereocenters. The summed E-state index contributed by atoms with van der Waals surface area (Å²) in [5.41, 5.74) is 6.65. The molecule has 1 unspecified atom stereocenters. The topological polar surface area (TPSA) is 38.4 Å². The predicted octanol–water partition coefficient (Wildman–Crippen LogP) is 3.50. The number of rotatable bonds is 2. The molecule has 0 bridgehead atoms. The highest BCUT2D eigenvalue weighted by atomic mass is 14.9. The van der Waals surface area contributed by atoms with Gasteiger partial charge in [-0.15, -0.1) is 0 Å². The molecule has 92 valence electrons. The fourth-order valence-corrected chi connectivity index (χ4v) is 3.22. The van der Waals surface area contributed by atoms with E-state index in [1.165, 1.54) is 51.4 Å². The van der Waals surface area contributed by atoms with Gasteiger partial charge in [0.05, 0.1) is 11.9 Å². The lowest BCUT2D eigenvalue weighted by molar-refractivity contribution is 0.375. The van der Waals surface area contributed by atoms with Crippen molar-refractivity contribution in [1.29, 1.82) is 0 Å². The molecular weight excluding hydrogens is 196 g/mol.